The van der Waals surface area contributed by atoms with Crippen LogP contribution >= 0.6 is 0 Å². The van der Waals surface area contributed by atoms with Gasteiger partial charge in [0.1, 0.15) is 5.75 Å². The van der Waals surface area contributed by atoms with Gasteiger partial charge in [0.25, 0.3) is 5.91 Å². The predicted molar refractivity (Wildman–Crippen MR) is 139 cm³/mol. The lowest BCUT2D eigenvalue weighted by Crippen LogP contribution is -2.54. The highest BCUT2D eigenvalue weighted by molar-refractivity contribution is 6.01. The largest absolute Gasteiger partial charge is 0.494 e. The Balaban J connectivity index is 1.76. The molecule has 8 nitrogen and oxygen atoms in total. The van der Waals surface area contributed by atoms with Gasteiger partial charge in [-0.1, -0.05) is 60.7 Å². The van der Waals surface area contributed by atoms with Crippen LogP contribution in [0.15, 0.2) is 89.9 Å². The maximum Gasteiger partial charge on any atom is 0.253 e. The smallest absolute Gasteiger partial charge is 0.253 e. The molecular weight excluding hydrogens is 472 g/mol. The van der Waals surface area contributed by atoms with Crippen molar-refractivity contribution in [1.29, 1.82) is 0 Å². The fourth-order valence-corrected chi connectivity index (χ4v) is 4.28. The third-order valence-electron chi connectivity index (χ3n) is 6.22. The lowest BCUT2D eigenvalue weighted by atomic mass is 9.82. The molecule has 8 heteroatoms. The summed E-state index contributed by atoms with van der Waals surface area (Å²) in [6.07, 6.45) is 0.0348. The van der Waals surface area contributed by atoms with Gasteiger partial charge in [0, 0.05) is 25.0 Å². The molecule has 3 aromatic rings. The summed E-state index contributed by atoms with van der Waals surface area (Å²) >= 11 is 0. The Kier molecular flexibility index (Phi) is 8.90. The Morgan fingerprint density at radius 3 is 2.22 bits per heavy atom. The SMILES string of the molecule is O=C(NC(CO)CO)[C@]1(Cc2ccccc2)N=C(c2ccc(OCCCO)cc2)O[C@@H]1c1ccccc1. The first-order valence-corrected chi connectivity index (χ1v) is 12.3. The number of rotatable bonds is 12. The highest BCUT2D eigenvalue weighted by Crippen LogP contribution is 2.42. The molecule has 0 bridgehead atoms. The summed E-state index contributed by atoms with van der Waals surface area (Å²) in [5.74, 6) is 0.515. The number of carbonyl (C=O) groups excluding carboxylic acids is 1. The minimum Gasteiger partial charge on any atom is -0.494 e. The fourth-order valence-electron chi connectivity index (χ4n) is 4.28. The first-order chi connectivity index (χ1) is 18.1. The van der Waals surface area contributed by atoms with E-state index in [4.69, 9.17) is 19.6 Å². The van der Waals surface area contributed by atoms with Gasteiger partial charge in [0.2, 0.25) is 5.90 Å². The van der Waals surface area contributed by atoms with E-state index in [2.05, 4.69) is 5.32 Å². The van der Waals surface area contributed by atoms with Gasteiger partial charge in [-0.05, 0) is 35.4 Å². The lowest BCUT2D eigenvalue weighted by molar-refractivity contribution is -0.130. The highest BCUT2D eigenvalue weighted by Gasteiger charge is 2.53. The molecule has 4 N–H and O–H groups in total. The van der Waals surface area contributed by atoms with Crippen LogP contribution in [0.1, 0.15) is 29.2 Å². The van der Waals surface area contributed by atoms with Crippen molar-refractivity contribution in [2.45, 2.75) is 30.5 Å². The normalized spacial score (nSPS) is 18.8. The third kappa shape index (κ3) is 6.17. The number of amides is 1. The van der Waals surface area contributed by atoms with E-state index in [1.54, 1.807) is 12.1 Å². The van der Waals surface area contributed by atoms with Gasteiger partial charge in [0.05, 0.1) is 25.9 Å². The fraction of sp³-hybridized carbons (Fsp3) is 0.310. The number of carbonyl (C=O) groups is 1. The van der Waals surface area contributed by atoms with E-state index in [9.17, 15) is 15.0 Å². The molecule has 4 rings (SSSR count). The summed E-state index contributed by atoms with van der Waals surface area (Å²) in [5, 5.41) is 31.0. The Bertz CT molecular complexity index is 1170. The molecule has 3 aromatic carbocycles. The van der Waals surface area contributed by atoms with Crippen molar-refractivity contribution in [1.82, 2.24) is 5.32 Å². The van der Waals surface area contributed by atoms with Crippen LogP contribution < -0.4 is 10.1 Å². The minimum atomic E-state index is -1.39. The zero-order chi connectivity index (χ0) is 26.1. The maximum atomic E-state index is 13.9. The number of benzene rings is 3. The summed E-state index contributed by atoms with van der Waals surface area (Å²) in [6.45, 7) is -0.354. The van der Waals surface area contributed by atoms with Gasteiger partial charge >= 0.3 is 0 Å². The molecule has 0 saturated carbocycles. The minimum absolute atomic E-state index is 0.0581. The van der Waals surface area contributed by atoms with E-state index in [1.807, 2.05) is 72.8 Å². The van der Waals surface area contributed by atoms with Gasteiger partial charge in [-0.2, -0.15) is 0 Å². The summed E-state index contributed by atoms with van der Waals surface area (Å²) in [7, 11) is 0. The zero-order valence-electron chi connectivity index (χ0n) is 20.5. The Morgan fingerprint density at radius 2 is 1.59 bits per heavy atom. The molecule has 0 aromatic heterocycles. The highest BCUT2D eigenvalue weighted by atomic mass is 16.5. The number of nitrogens with zero attached hydrogens (tertiary/aromatic N) is 1. The van der Waals surface area contributed by atoms with Crippen LogP contribution in [0.2, 0.25) is 0 Å². The number of hydrogen-bond donors (Lipinski definition) is 4. The van der Waals surface area contributed by atoms with E-state index in [0.717, 1.165) is 11.1 Å². The Morgan fingerprint density at radius 1 is 0.946 bits per heavy atom. The van der Waals surface area contributed by atoms with Crippen molar-refractivity contribution >= 4 is 11.8 Å². The van der Waals surface area contributed by atoms with Crippen molar-refractivity contribution < 1.29 is 29.6 Å². The van der Waals surface area contributed by atoms with Crippen molar-refractivity contribution in [2.24, 2.45) is 4.99 Å². The van der Waals surface area contributed by atoms with E-state index in [1.165, 1.54) is 0 Å². The van der Waals surface area contributed by atoms with E-state index in [-0.39, 0.29) is 13.0 Å². The first-order valence-electron chi connectivity index (χ1n) is 12.3. The van der Waals surface area contributed by atoms with Gasteiger partial charge in [0.15, 0.2) is 11.6 Å². The number of aliphatic hydroxyl groups is 3. The quantitative estimate of drug-likeness (QED) is 0.281. The van der Waals surface area contributed by atoms with Gasteiger partial charge in [-0.25, -0.2) is 4.99 Å². The molecule has 37 heavy (non-hydrogen) atoms. The average molecular weight is 505 g/mol. The molecule has 0 unspecified atom stereocenters. The van der Waals surface area contributed by atoms with E-state index >= 15 is 0 Å². The van der Waals surface area contributed by atoms with E-state index in [0.29, 0.717) is 30.2 Å². The number of ether oxygens (including phenoxy) is 2. The molecule has 0 fully saturated rings. The van der Waals surface area contributed by atoms with Crippen molar-refractivity contribution in [3.63, 3.8) is 0 Å². The number of nitrogens with one attached hydrogen (secondary N) is 1. The van der Waals surface area contributed by atoms with Gasteiger partial charge in [-0.3, -0.25) is 4.79 Å². The maximum absolute atomic E-state index is 13.9. The summed E-state index contributed by atoms with van der Waals surface area (Å²) in [6, 6.07) is 25.4. The van der Waals surface area contributed by atoms with Crippen LogP contribution in [-0.2, 0) is 16.0 Å². The molecule has 1 amide bonds. The second-order valence-corrected chi connectivity index (χ2v) is 8.90. The Labute approximate surface area is 216 Å². The molecule has 1 aliphatic heterocycles. The summed E-state index contributed by atoms with van der Waals surface area (Å²) in [5.41, 5.74) is 0.959. The van der Waals surface area contributed by atoms with E-state index < -0.39 is 36.8 Å². The molecule has 0 radical (unpaired) electrons. The predicted octanol–water partition coefficient (Wildman–Crippen LogP) is 2.42. The lowest BCUT2D eigenvalue weighted by Gasteiger charge is -2.32. The zero-order valence-corrected chi connectivity index (χ0v) is 20.5. The van der Waals surface area contributed by atoms with Crippen molar-refractivity contribution in [3.05, 3.63) is 102 Å². The molecule has 0 aliphatic carbocycles. The monoisotopic (exact) mass is 504 g/mol. The van der Waals surface area contributed by atoms with Crippen LogP contribution in [-0.4, -0.2) is 65.1 Å². The number of aliphatic hydroxyl groups excluding tert-OH is 3. The third-order valence-corrected chi connectivity index (χ3v) is 6.22. The molecule has 1 aliphatic rings. The summed E-state index contributed by atoms with van der Waals surface area (Å²) < 4.78 is 12.0. The molecule has 194 valence electrons. The molecule has 2 atom stereocenters. The topological polar surface area (TPSA) is 121 Å². The molecular formula is C29H32N2O6. The van der Waals surface area contributed by atoms with Crippen LogP contribution in [0.5, 0.6) is 5.75 Å². The summed E-state index contributed by atoms with van der Waals surface area (Å²) in [4.78, 5) is 18.8. The number of hydrogen-bond acceptors (Lipinski definition) is 7. The molecule has 1 heterocycles. The van der Waals surface area contributed by atoms with Crippen LogP contribution in [0.3, 0.4) is 0 Å². The second-order valence-electron chi connectivity index (χ2n) is 8.90. The van der Waals surface area contributed by atoms with Crippen LogP contribution in [0.4, 0.5) is 0 Å². The standard InChI is InChI=1S/C29H32N2O6/c32-16-7-17-36-25-14-12-23(13-15-25)27-31-29(18-21-8-3-1-4-9-21,28(35)30-24(19-33)20-34)26(37-27)22-10-5-2-6-11-22/h1-6,8-15,24,26,32-34H,7,16-20H2,(H,30,35)/t26-,29-/m1/s1. The first kappa shape index (κ1) is 26.3. The van der Waals surface area contributed by atoms with Crippen LogP contribution in [0.25, 0.3) is 0 Å². The van der Waals surface area contributed by atoms with Gasteiger partial charge < -0.3 is 30.1 Å². The molecule has 0 saturated heterocycles. The number of aliphatic imine (C=N–C) groups is 1. The van der Waals surface area contributed by atoms with Gasteiger partial charge in [-0.15, -0.1) is 0 Å². The molecule has 0 spiro atoms. The Hall–Kier alpha value is -3.72. The van der Waals surface area contributed by atoms with Crippen molar-refractivity contribution in [2.75, 3.05) is 26.4 Å². The van der Waals surface area contributed by atoms with Crippen molar-refractivity contribution in [3.8, 4) is 5.75 Å². The average Bonchev–Trinajstić information content (AvgIpc) is 3.33. The van der Waals surface area contributed by atoms with Crippen LogP contribution in [0, 0.1) is 0 Å². The second kappa shape index (κ2) is 12.5.